The number of rotatable bonds is 3. The van der Waals surface area contributed by atoms with Crippen LogP contribution in [0.1, 0.15) is 24.8 Å². The highest BCUT2D eigenvalue weighted by Gasteiger charge is 2.30. The number of fused-ring (bicyclic) bond motifs is 1. The summed E-state index contributed by atoms with van der Waals surface area (Å²) in [5.74, 6) is 0.489. The third kappa shape index (κ3) is 3.09. The van der Waals surface area contributed by atoms with Crippen LogP contribution in [0.15, 0.2) is 12.1 Å². The van der Waals surface area contributed by atoms with Gasteiger partial charge in [-0.15, -0.1) is 0 Å². The number of ether oxygens (including phenoxy) is 2. The number of aliphatic carboxylic acids is 1. The van der Waals surface area contributed by atoms with Crippen LogP contribution in [-0.4, -0.2) is 41.8 Å². The average molecular weight is 312 g/mol. The van der Waals surface area contributed by atoms with E-state index in [0.717, 1.165) is 24.9 Å². The highest BCUT2D eigenvalue weighted by Crippen LogP contribution is 2.38. The fourth-order valence-corrected chi connectivity index (χ4v) is 3.19. The van der Waals surface area contributed by atoms with Gasteiger partial charge in [0.05, 0.1) is 18.2 Å². The number of benzene rings is 1. The van der Waals surface area contributed by atoms with Gasteiger partial charge in [0.2, 0.25) is 0 Å². The van der Waals surface area contributed by atoms with Gasteiger partial charge in [0, 0.05) is 13.0 Å². The van der Waals surface area contributed by atoms with Gasteiger partial charge in [-0.2, -0.15) is 0 Å². The molecule has 1 saturated heterocycles. The Bertz CT molecular complexity index is 549. The summed E-state index contributed by atoms with van der Waals surface area (Å²) in [5.41, 5.74) is 0.956. The third-order valence-electron chi connectivity index (χ3n) is 3.90. The van der Waals surface area contributed by atoms with Gasteiger partial charge in [-0.1, -0.05) is 11.6 Å². The Morgan fingerprint density at radius 3 is 2.95 bits per heavy atom. The molecule has 2 aliphatic rings. The van der Waals surface area contributed by atoms with Crippen molar-refractivity contribution in [3.05, 3.63) is 22.7 Å². The Morgan fingerprint density at radius 1 is 1.33 bits per heavy atom. The second kappa shape index (κ2) is 6.12. The molecule has 1 aromatic rings. The molecule has 5 nitrogen and oxygen atoms in total. The molecule has 21 heavy (non-hydrogen) atoms. The second-order valence-electron chi connectivity index (χ2n) is 5.42. The highest BCUT2D eigenvalue weighted by molar-refractivity contribution is 6.32. The smallest absolute Gasteiger partial charge is 0.320 e. The normalized spacial score (nSPS) is 22.0. The molecule has 2 aliphatic heterocycles. The Labute approximate surface area is 128 Å². The van der Waals surface area contributed by atoms with Gasteiger partial charge in [0.15, 0.2) is 11.5 Å². The van der Waals surface area contributed by atoms with Gasteiger partial charge in [-0.3, -0.25) is 9.69 Å². The number of hydrogen-bond acceptors (Lipinski definition) is 4. The van der Waals surface area contributed by atoms with Crippen molar-refractivity contribution >= 4 is 17.6 Å². The Kier molecular flexibility index (Phi) is 4.22. The summed E-state index contributed by atoms with van der Waals surface area (Å²) in [6.45, 7) is 2.56. The molecule has 0 amide bonds. The maximum absolute atomic E-state index is 11.2. The van der Waals surface area contributed by atoms with E-state index in [1.54, 1.807) is 0 Å². The average Bonchev–Trinajstić information content (AvgIpc) is 2.76. The highest BCUT2D eigenvalue weighted by atomic mass is 35.5. The molecule has 0 aromatic heterocycles. The maximum atomic E-state index is 11.2. The first kappa shape index (κ1) is 14.5. The molecular formula is C15H18ClNO4. The maximum Gasteiger partial charge on any atom is 0.320 e. The minimum Gasteiger partial charge on any atom is -0.489 e. The van der Waals surface area contributed by atoms with E-state index in [-0.39, 0.29) is 0 Å². The van der Waals surface area contributed by atoms with Crippen molar-refractivity contribution in [3.63, 3.8) is 0 Å². The standard InChI is InChI=1S/C15H18ClNO4/c16-11-7-10(8-13-14(11)21-6-2-5-20-13)9-17-4-1-3-12(17)15(18)19/h7-8,12H,1-6,9H2,(H,18,19). The van der Waals surface area contributed by atoms with Gasteiger partial charge in [-0.25, -0.2) is 0 Å². The summed E-state index contributed by atoms with van der Waals surface area (Å²) < 4.78 is 11.3. The first-order chi connectivity index (χ1) is 10.1. The Morgan fingerprint density at radius 2 is 2.14 bits per heavy atom. The number of likely N-dealkylation sites (tertiary alicyclic amines) is 1. The van der Waals surface area contributed by atoms with E-state index < -0.39 is 12.0 Å². The van der Waals surface area contributed by atoms with E-state index in [1.807, 2.05) is 17.0 Å². The lowest BCUT2D eigenvalue weighted by Crippen LogP contribution is -2.35. The molecule has 2 heterocycles. The second-order valence-corrected chi connectivity index (χ2v) is 5.83. The number of carboxylic acids is 1. The van der Waals surface area contributed by atoms with E-state index >= 15 is 0 Å². The third-order valence-corrected chi connectivity index (χ3v) is 4.18. The largest absolute Gasteiger partial charge is 0.489 e. The number of halogens is 1. The molecule has 0 radical (unpaired) electrons. The van der Waals surface area contributed by atoms with Crippen molar-refractivity contribution in [3.8, 4) is 11.5 Å². The van der Waals surface area contributed by atoms with Gasteiger partial charge in [0.25, 0.3) is 0 Å². The summed E-state index contributed by atoms with van der Waals surface area (Å²) in [7, 11) is 0. The SMILES string of the molecule is O=C(O)C1CCCN1Cc1cc(Cl)c2c(c1)OCCCO2. The summed E-state index contributed by atoms with van der Waals surface area (Å²) in [6.07, 6.45) is 2.44. The summed E-state index contributed by atoms with van der Waals surface area (Å²) in [4.78, 5) is 13.2. The van der Waals surface area contributed by atoms with Crippen molar-refractivity contribution in [1.82, 2.24) is 4.90 Å². The van der Waals surface area contributed by atoms with Crippen molar-refractivity contribution in [2.75, 3.05) is 19.8 Å². The van der Waals surface area contributed by atoms with E-state index in [0.29, 0.717) is 42.7 Å². The van der Waals surface area contributed by atoms with Crippen molar-refractivity contribution in [2.24, 2.45) is 0 Å². The zero-order valence-corrected chi connectivity index (χ0v) is 12.4. The quantitative estimate of drug-likeness (QED) is 0.929. The van der Waals surface area contributed by atoms with E-state index in [2.05, 4.69) is 0 Å². The molecule has 0 saturated carbocycles. The molecule has 1 unspecified atom stereocenters. The van der Waals surface area contributed by atoms with Crippen LogP contribution in [0.25, 0.3) is 0 Å². The van der Waals surface area contributed by atoms with E-state index in [9.17, 15) is 9.90 Å². The summed E-state index contributed by atoms with van der Waals surface area (Å²) >= 11 is 6.26. The lowest BCUT2D eigenvalue weighted by atomic mass is 10.1. The monoisotopic (exact) mass is 311 g/mol. The van der Waals surface area contributed by atoms with Crippen molar-refractivity contribution < 1.29 is 19.4 Å². The lowest BCUT2D eigenvalue weighted by molar-refractivity contribution is -0.142. The predicted molar refractivity (Wildman–Crippen MR) is 78.1 cm³/mol. The van der Waals surface area contributed by atoms with Gasteiger partial charge >= 0.3 is 5.97 Å². The topological polar surface area (TPSA) is 59.0 Å². The summed E-state index contributed by atoms with van der Waals surface area (Å²) in [5, 5.41) is 9.76. The molecule has 1 atom stereocenters. The van der Waals surface area contributed by atoms with Crippen LogP contribution in [0.3, 0.4) is 0 Å². The van der Waals surface area contributed by atoms with Crippen LogP contribution in [-0.2, 0) is 11.3 Å². The van der Waals surface area contributed by atoms with Crippen LogP contribution < -0.4 is 9.47 Å². The first-order valence-electron chi connectivity index (χ1n) is 7.20. The number of nitrogens with zero attached hydrogens (tertiary/aromatic N) is 1. The zero-order valence-electron chi connectivity index (χ0n) is 11.7. The van der Waals surface area contributed by atoms with Gasteiger partial charge in [-0.05, 0) is 37.1 Å². The molecule has 1 N–H and O–H groups in total. The molecule has 0 spiro atoms. The Hall–Kier alpha value is -1.46. The van der Waals surface area contributed by atoms with E-state index in [4.69, 9.17) is 21.1 Å². The van der Waals surface area contributed by atoms with Crippen LogP contribution in [0, 0.1) is 0 Å². The van der Waals surface area contributed by atoms with Crippen molar-refractivity contribution in [2.45, 2.75) is 31.8 Å². The van der Waals surface area contributed by atoms with Gasteiger partial charge in [0.1, 0.15) is 6.04 Å². The fourth-order valence-electron chi connectivity index (χ4n) is 2.91. The van der Waals surface area contributed by atoms with Crippen LogP contribution in [0.4, 0.5) is 0 Å². The summed E-state index contributed by atoms with van der Waals surface area (Å²) in [6, 6.07) is 3.34. The van der Waals surface area contributed by atoms with Crippen LogP contribution in [0.2, 0.25) is 5.02 Å². The van der Waals surface area contributed by atoms with Crippen LogP contribution >= 0.6 is 11.6 Å². The molecule has 3 rings (SSSR count). The molecule has 0 bridgehead atoms. The number of carbonyl (C=O) groups is 1. The predicted octanol–water partition coefficient (Wildman–Crippen LogP) is 2.55. The molecule has 1 fully saturated rings. The first-order valence-corrected chi connectivity index (χ1v) is 7.58. The number of carboxylic acid groups (broad SMARTS) is 1. The van der Waals surface area contributed by atoms with Gasteiger partial charge < -0.3 is 14.6 Å². The zero-order chi connectivity index (χ0) is 14.8. The lowest BCUT2D eigenvalue weighted by Gasteiger charge is -2.21. The molecule has 0 aliphatic carbocycles. The Balaban J connectivity index is 1.81. The molecule has 1 aromatic carbocycles. The van der Waals surface area contributed by atoms with E-state index in [1.165, 1.54) is 0 Å². The molecular weight excluding hydrogens is 294 g/mol. The minimum absolute atomic E-state index is 0.403. The molecule has 6 heteroatoms. The van der Waals surface area contributed by atoms with Crippen LogP contribution in [0.5, 0.6) is 11.5 Å². The number of hydrogen-bond donors (Lipinski definition) is 1. The molecule has 114 valence electrons. The minimum atomic E-state index is -0.757. The fraction of sp³-hybridized carbons (Fsp3) is 0.533. The van der Waals surface area contributed by atoms with Crippen molar-refractivity contribution in [1.29, 1.82) is 0 Å².